The van der Waals surface area contributed by atoms with E-state index in [9.17, 15) is 14.0 Å². The summed E-state index contributed by atoms with van der Waals surface area (Å²) in [6, 6.07) is 8.60. The SMILES string of the molecule is CN1CCN(C(=O)c2ncccn2)CC1(C)C.Cc1cc(-c2cc(C(C)(C)C)c3nc(C=O)cn3n2)ccc1F. The number of piperazine rings is 1. The van der Waals surface area contributed by atoms with Crippen molar-refractivity contribution >= 4 is 17.8 Å². The maximum atomic E-state index is 13.5. The first-order chi connectivity index (χ1) is 18.8. The Balaban J connectivity index is 0.000000194. The molecule has 0 N–H and O–H groups in total. The second-order valence-electron chi connectivity index (χ2n) is 11.7. The lowest BCUT2D eigenvalue weighted by Gasteiger charge is -2.45. The monoisotopic (exact) mass is 545 g/mol. The molecule has 0 atom stereocenters. The maximum absolute atomic E-state index is 13.5. The highest BCUT2D eigenvalue weighted by atomic mass is 19.1. The van der Waals surface area contributed by atoms with E-state index in [1.165, 1.54) is 6.07 Å². The Hall–Kier alpha value is -4.05. The molecule has 0 aliphatic carbocycles. The first-order valence-electron chi connectivity index (χ1n) is 13.2. The highest BCUT2D eigenvalue weighted by Gasteiger charge is 2.34. The van der Waals surface area contributed by atoms with E-state index in [4.69, 9.17) is 0 Å². The number of fused-ring (bicyclic) bond motifs is 1. The average Bonchev–Trinajstić information content (AvgIpc) is 3.34. The summed E-state index contributed by atoms with van der Waals surface area (Å²) in [4.78, 5) is 39.6. The molecule has 1 aromatic carbocycles. The fourth-order valence-corrected chi connectivity index (χ4v) is 4.51. The molecule has 0 radical (unpaired) electrons. The van der Waals surface area contributed by atoms with Gasteiger partial charge in [-0.1, -0.05) is 20.8 Å². The minimum absolute atomic E-state index is 0.00267. The van der Waals surface area contributed by atoms with E-state index < -0.39 is 0 Å². The Labute approximate surface area is 234 Å². The lowest BCUT2D eigenvalue weighted by molar-refractivity contribution is 0.0302. The zero-order valence-corrected chi connectivity index (χ0v) is 24.1. The smallest absolute Gasteiger partial charge is 0.291 e. The number of imidazole rings is 1. The molecule has 3 aromatic heterocycles. The van der Waals surface area contributed by atoms with Crippen LogP contribution in [0.15, 0.2) is 48.9 Å². The molecule has 4 aromatic rings. The van der Waals surface area contributed by atoms with Crippen LogP contribution in [-0.2, 0) is 5.41 Å². The van der Waals surface area contributed by atoms with Gasteiger partial charge in [-0.2, -0.15) is 5.10 Å². The predicted octanol–water partition coefficient (Wildman–Crippen LogP) is 4.60. The molecule has 0 unspecified atom stereocenters. The van der Waals surface area contributed by atoms with Crippen molar-refractivity contribution in [3.8, 4) is 11.3 Å². The van der Waals surface area contributed by atoms with Crippen LogP contribution in [0.3, 0.4) is 0 Å². The van der Waals surface area contributed by atoms with Gasteiger partial charge in [-0.25, -0.2) is 23.9 Å². The van der Waals surface area contributed by atoms with Crippen LogP contribution < -0.4 is 0 Å². The quantitative estimate of drug-likeness (QED) is 0.347. The first kappa shape index (κ1) is 28.9. The standard InChI is InChI=1S/C18H18FN3O.C12H18N4O/c1-11-7-12(5-6-15(11)19)16-8-14(18(2,3)4)17-20-13(10-23)9-22(17)21-16;1-12(2)9-16(8-7-15(12)3)11(17)10-13-5-4-6-14-10/h5-10H,1-4H3;4-6H,7-9H2,1-3H3. The molecule has 9 nitrogen and oxygen atoms in total. The van der Waals surface area contributed by atoms with Crippen molar-refractivity contribution in [1.29, 1.82) is 0 Å². The van der Waals surface area contributed by atoms with Gasteiger partial charge in [0, 0.05) is 48.7 Å². The van der Waals surface area contributed by atoms with Gasteiger partial charge in [0.25, 0.3) is 5.91 Å². The number of likely N-dealkylation sites (N-methyl/N-ethyl adjacent to an activating group) is 1. The van der Waals surface area contributed by atoms with Crippen LogP contribution in [0.4, 0.5) is 4.39 Å². The van der Waals surface area contributed by atoms with Crippen molar-refractivity contribution in [2.75, 3.05) is 26.7 Å². The van der Waals surface area contributed by atoms with E-state index in [1.54, 1.807) is 48.2 Å². The Morgan fingerprint density at radius 2 is 1.80 bits per heavy atom. The molecular weight excluding hydrogens is 509 g/mol. The summed E-state index contributed by atoms with van der Waals surface area (Å²) in [6.45, 7) is 14.6. The van der Waals surface area contributed by atoms with Gasteiger partial charge < -0.3 is 4.90 Å². The number of aldehydes is 1. The van der Waals surface area contributed by atoms with Gasteiger partial charge in [-0.05, 0) is 69.1 Å². The number of nitrogens with zero attached hydrogens (tertiary/aromatic N) is 7. The van der Waals surface area contributed by atoms with Crippen molar-refractivity contribution in [3.63, 3.8) is 0 Å². The number of aryl methyl sites for hydroxylation is 1. The van der Waals surface area contributed by atoms with Crippen molar-refractivity contribution in [3.05, 3.63) is 77.4 Å². The number of carbonyl (C=O) groups excluding carboxylic acids is 2. The molecule has 10 heteroatoms. The number of benzene rings is 1. The summed E-state index contributed by atoms with van der Waals surface area (Å²) in [5.41, 5.74) is 3.96. The Morgan fingerprint density at radius 1 is 1.10 bits per heavy atom. The second-order valence-corrected chi connectivity index (χ2v) is 11.7. The van der Waals surface area contributed by atoms with Gasteiger partial charge >= 0.3 is 0 Å². The van der Waals surface area contributed by atoms with E-state index in [-0.39, 0.29) is 28.5 Å². The zero-order chi connectivity index (χ0) is 29.2. The first-order valence-corrected chi connectivity index (χ1v) is 13.2. The van der Waals surface area contributed by atoms with E-state index >= 15 is 0 Å². The van der Waals surface area contributed by atoms with Crippen LogP contribution in [0, 0.1) is 12.7 Å². The predicted molar refractivity (Wildman–Crippen MR) is 152 cm³/mol. The molecular formula is C30H36FN7O2. The number of hydrogen-bond donors (Lipinski definition) is 0. The molecule has 4 heterocycles. The van der Waals surface area contributed by atoms with Crippen LogP contribution >= 0.6 is 0 Å². The van der Waals surface area contributed by atoms with Crippen molar-refractivity contribution in [1.82, 2.24) is 34.4 Å². The molecule has 0 saturated carbocycles. The van der Waals surface area contributed by atoms with Crippen LogP contribution in [0.5, 0.6) is 0 Å². The van der Waals surface area contributed by atoms with E-state index in [1.807, 2.05) is 11.0 Å². The maximum Gasteiger partial charge on any atom is 0.291 e. The highest BCUT2D eigenvalue weighted by molar-refractivity contribution is 5.90. The molecule has 0 bridgehead atoms. The Kier molecular flexibility index (Phi) is 8.11. The van der Waals surface area contributed by atoms with Crippen molar-refractivity contribution in [2.24, 2.45) is 0 Å². The van der Waals surface area contributed by atoms with Crippen LogP contribution in [0.1, 0.15) is 66.9 Å². The Morgan fingerprint density at radius 3 is 2.40 bits per heavy atom. The third kappa shape index (κ3) is 6.22. The topological polar surface area (TPSA) is 96.6 Å². The number of rotatable bonds is 3. The summed E-state index contributed by atoms with van der Waals surface area (Å²) < 4.78 is 15.1. The van der Waals surface area contributed by atoms with Crippen LogP contribution in [-0.4, -0.2) is 78.8 Å². The fraction of sp³-hybridized carbons (Fsp3) is 0.400. The van der Waals surface area contributed by atoms with Crippen molar-refractivity contribution in [2.45, 2.75) is 52.5 Å². The van der Waals surface area contributed by atoms with E-state index in [0.29, 0.717) is 29.7 Å². The molecule has 5 rings (SSSR count). The summed E-state index contributed by atoms with van der Waals surface area (Å²) in [7, 11) is 2.08. The molecule has 1 amide bonds. The lowest BCUT2D eigenvalue weighted by Crippen LogP contribution is -2.59. The fourth-order valence-electron chi connectivity index (χ4n) is 4.51. The molecule has 0 spiro atoms. The van der Waals surface area contributed by atoms with Gasteiger partial charge in [-0.3, -0.25) is 14.5 Å². The summed E-state index contributed by atoms with van der Waals surface area (Å²) in [5.74, 6) is -0.0311. The number of carbonyl (C=O) groups is 2. The summed E-state index contributed by atoms with van der Waals surface area (Å²) >= 11 is 0. The summed E-state index contributed by atoms with van der Waals surface area (Å²) in [5, 5.41) is 4.53. The van der Waals surface area contributed by atoms with Gasteiger partial charge in [0.1, 0.15) is 11.5 Å². The van der Waals surface area contributed by atoms with Gasteiger partial charge in [0.2, 0.25) is 5.82 Å². The third-order valence-corrected chi connectivity index (χ3v) is 7.19. The van der Waals surface area contributed by atoms with Crippen LogP contribution in [0.2, 0.25) is 0 Å². The minimum atomic E-state index is -0.239. The largest absolute Gasteiger partial charge is 0.333 e. The van der Waals surface area contributed by atoms with E-state index in [2.05, 4.69) is 66.6 Å². The Bertz CT molecular complexity index is 1530. The minimum Gasteiger partial charge on any atom is -0.333 e. The number of aromatic nitrogens is 5. The molecule has 1 fully saturated rings. The number of halogens is 1. The molecule has 210 valence electrons. The van der Waals surface area contributed by atoms with E-state index in [0.717, 1.165) is 29.9 Å². The van der Waals surface area contributed by atoms with Crippen molar-refractivity contribution < 1.29 is 14.0 Å². The lowest BCUT2D eigenvalue weighted by atomic mass is 9.87. The summed E-state index contributed by atoms with van der Waals surface area (Å²) in [6.07, 6.45) is 5.52. The molecule has 40 heavy (non-hydrogen) atoms. The number of amides is 1. The second kappa shape index (κ2) is 11.2. The van der Waals surface area contributed by atoms with Gasteiger partial charge in [0.05, 0.1) is 11.9 Å². The highest BCUT2D eigenvalue weighted by Crippen LogP contribution is 2.30. The van der Waals surface area contributed by atoms with Crippen LogP contribution in [0.25, 0.3) is 16.9 Å². The average molecular weight is 546 g/mol. The number of hydrogen-bond acceptors (Lipinski definition) is 7. The third-order valence-electron chi connectivity index (χ3n) is 7.19. The van der Waals surface area contributed by atoms with Gasteiger partial charge in [0.15, 0.2) is 11.9 Å². The van der Waals surface area contributed by atoms with Gasteiger partial charge in [-0.15, -0.1) is 0 Å². The molecule has 1 saturated heterocycles. The zero-order valence-electron chi connectivity index (χ0n) is 24.1. The molecule has 1 aliphatic heterocycles. The molecule has 1 aliphatic rings. The normalized spacial score (nSPS) is 15.4.